The average Bonchev–Trinajstić information content (AvgIpc) is 2.91. The van der Waals surface area contributed by atoms with Crippen molar-refractivity contribution in [2.75, 3.05) is 13.7 Å². The first-order valence-electron chi connectivity index (χ1n) is 12.6. The summed E-state index contributed by atoms with van der Waals surface area (Å²) in [6.07, 6.45) is -5.82. The van der Waals surface area contributed by atoms with E-state index < -0.39 is 60.7 Å². The Bertz CT molecular complexity index is 1330. The third kappa shape index (κ3) is 7.59. The molecule has 41 heavy (non-hydrogen) atoms. The lowest BCUT2D eigenvalue weighted by molar-refractivity contribution is -0.360. The summed E-state index contributed by atoms with van der Waals surface area (Å²) in [4.78, 5) is 47.9. The van der Waals surface area contributed by atoms with Gasteiger partial charge >= 0.3 is 23.9 Å². The monoisotopic (exact) mass is 569 g/mol. The van der Waals surface area contributed by atoms with Crippen molar-refractivity contribution in [1.82, 2.24) is 0 Å². The molecule has 12 heteroatoms. The third-order valence-electron chi connectivity index (χ3n) is 6.25. The van der Waals surface area contributed by atoms with E-state index in [-0.39, 0.29) is 12.0 Å². The molecule has 5 atom stereocenters. The van der Waals surface area contributed by atoms with Gasteiger partial charge in [0.25, 0.3) is 0 Å². The molecule has 0 radical (unpaired) electrons. The molecule has 218 valence electrons. The summed E-state index contributed by atoms with van der Waals surface area (Å²) in [5.41, 5.74) is 1.67. The number of rotatable bonds is 9. The minimum atomic E-state index is -2.50. The topological polar surface area (TPSA) is 168 Å². The largest absolute Gasteiger partial charge is 0.497 e. The van der Waals surface area contributed by atoms with Crippen molar-refractivity contribution in [3.63, 3.8) is 0 Å². The van der Waals surface area contributed by atoms with E-state index in [9.17, 15) is 29.5 Å². The standard InChI is InChI=1S/C29H31NO11/c1-16(31)37-15-25-26(38-17(2)32)27(39-18(3)33)28(40-19(4)34)29(35,41-25)23-9-8-21(14-30)22(13-23)12-20-6-10-24(36-5)11-7-20/h6-11,13,25-28,35H,12,15H2,1-5H3/t25-,26-,27+,28-,29-/m1/s1. The molecule has 3 rings (SSSR count). The van der Waals surface area contributed by atoms with Crippen LogP contribution in [0, 0.1) is 11.3 Å². The van der Waals surface area contributed by atoms with Crippen LogP contribution in [0.2, 0.25) is 0 Å². The molecule has 0 aliphatic carbocycles. The molecule has 0 aromatic heterocycles. The number of esters is 4. The van der Waals surface area contributed by atoms with Gasteiger partial charge in [0.05, 0.1) is 18.7 Å². The minimum absolute atomic E-state index is 0.0394. The van der Waals surface area contributed by atoms with Crippen LogP contribution in [0.3, 0.4) is 0 Å². The molecule has 0 unspecified atom stereocenters. The second-order valence-corrected chi connectivity index (χ2v) is 9.34. The number of benzene rings is 2. The summed E-state index contributed by atoms with van der Waals surface area (Å²) < 4.78 is 32.5. The number of hydrogen-bond donors (Lipinski definition) is 1. The summed E-state index contributed by atoms with van der Waals surface area (Å²) in [5, 5.41) is 21.8. The number of ether oxygens (including phenoxy) is 6. The van der Waals surface area contributed by atoms with E-state index in [0.29, 0.717) is 16.9 Å². The molecule has 1 fully saturated rings. The van der Waals surface area contributed by atoms with Crippen LogP contribution in [-0.2, 0) is 55.1 Å². The molecular formula is C29H31NO11. The molecule has 1 saturated heterocycles. The molecule has 12 nitrogen and oxygen atoms in total. The van der Waals surface area contributed by atoms with E-state index in [2.05, 4.69) is 6.07 Å². The predicted octanol–water partition coefficient (Wildman–Crippen LogP) is 2.06. The van der Waals surface area contributed by atoms with Crippen molar-refractivity contribution in [1.29, 1.82) is 5.26 Å². The maximum atomic E-state index is 12.2. The first kappa shape index (κ1) is 31.1. The fourth-order valence-electron chi connectivity index (χ4n) is 4.55. The molecule has 1 N–H and O–H groups in total. The molecule has 1 aliphatic rings. The van der Waals surface area contributed by atoms with Gasteiger partial charge in [0.15, 0.2) is 12.2 Å². The number of methoxy groups -OCH3 is 1. The van der Waals surface area contributed by atoms with Gasteiger partial charge in [-0.3, -0.25) is 19.2 Å². The second kappa shape index (κ2) is 13.3. The zero-order chi connectivity index (χ0) is 30.3. The molecular weight excluding hydrogens is 538 g/mol. The fraction of sp³-hybridized carbons (Fsp3) is 0.414. The first-order chi connectivity index (χ1) is 19.4. The number of carbonyl (C=O) groups is 4. The van der Waals surface area contributed by atoms with E-state index in [1.54, 1.807) is 19.2 Å². The highest BCUT2D eigenvalue weighted by Crippen LogP contribution is 2.41. The lowest BCUT2D eigenvalue weighted by Gasteiger charge is -2.48. The van der Waals surface area contributed by atoms with Gasteiger partial charge in [0.2, 0.25) is 11.9 Å². The molecule has 1 heterocycles. The lowest BCUT2D eigenvalue weighted by atomic mass is 9.85. The quantitative estimate of drug-likeness (QED) is 0.345. The summed E-state index contributed by atoms with van der Waals surface area (Å²) in [5.74, 6) is -5.03. The van der Waals surface area contributed by atoms with Crippen molar-refractivity contribution in [2.24, 2.45) is 0 Å². The van der Waals surface area contributed by atoms with Gasteiger partial charge in [-0.2, -0.15) is 5.26 Å². The van der Waals surface area contributed by atoms with Crippen molar-refractivity contribution >= 4 is 23.9 Å². The molecule has 0 amide bonds. The first-order valence-corrected chi connectivity index (χ1v) is 12.6. The highest BCUT2D eigenvalue weighted by molar-refractivity contribution is 5.69. The third-order valence-corrected chi connectivity index (χ3v) is 6.25. The molecule has 0 spiro atoms. The molecule has 0 saturated carbocycles. The van der Waals surface area contributed by atoms with Crippen LogP contribution < -0.4 is 4.74 Å². The molecule has 1 aliphatic heterocycles. The molecule has 2 aromatic rings. The van der Waals surface area contributed by atoms with Gasteiger partial charge in [-0.1, -0.05) is 18.2 Å². The van der Waals surface area contributed by atoms with Gasteiger partial charge in [-0.25, -0.2) is 0 Å². The Morgan fingerprint density at radius 1 is 0.902 bits per heavy atom. The van der Waals surface area contributed by atoms with E-state index >= 15 is 0 Å². The van der Waals surface area contributed by atoms with Crippen LogP contribution >= 0.6 is 0 Å². The SMILES string of the molecule is COc1ccc(Cc2cc([C@@]3(O)O[C@H](COC(C)=O)[C@@H](OC(C)=O)[C@H](OC(C)=O)[C@H]3OC(C)=O)ccc2C#N)cc1. The Labute approximate surface area is 236 Å². The Kier molecular flexibility index (Phi) is 10.0. The highest BCUT2D eigenvalue weighted by atomic mass is 16.7. The van der Waals surface area contributed by atoms with Gasteiger partial charge in [0.1, 0.15) is 18.5 Å². The zero-order valence-electron chi connectivity index (χ0n) is 23.2. The van der Waals surface area contributed by atoms with E-state index in [1.807, 2.05) is 12.1 Å². The van der Waals surface area contributed by atoms with E-state index in [0.717, 1.165) is 33.3 Å². The number of aliphatic hydroxyl groups is 1. The van der Waals surface area contributed by atoms with Crippen LogP contribution in [0.25, 0.3) is 0 Å². The summed E-state index contributed by atoms with van der Waals surface area (Å²) >= 11 is 0. The summed E-state index contributed by atoms with van der Waals surface area (Å²) in [6, 6.07) is 13.6. The lowest BCUT2D eigenvalue weighted by Crippen LogP contribution is -2.66. The van der Waals surface area contributed by atoms with Gasteiger partial charge in [-0.05, 0) is 41.8 Å². The van der Waals surface area contributed by atoms with Gasteiger partial charge in [-0.15, -0.1) is 0 Å². The predicted molar refractivity (Wildman–Crippen MR) is 139 cm³/mol. The average molecular weight is 570 g/mol. The summed E-state index contributed by atoms with van der Waals surface area (Å²) in [6.45, 7) is 3.90. The maximum Gasteiger partial charge on any atom is 0.303 e. The second-order valence-electron chi connectivity index (χ2n) is 9.34. The summed E-state index contributed by atoms with van der Waals surface area (Å²) in [7, 11) is 1.54. The minimum Gasteiger partial charge on any atom is -0.497 e. The van der Waals surface area contributed by atoms with Gasteiger partial charge < -0.3 is 33.5 Å². The number of hydrogen-bond acceptors (Lipinski definition) is 12. The molecule has 2 aromatic carbocycles. The van der Waals surface area contributed by atoms with Crippen molar-refractivity contribution < 1.29 is 52.7 Å². The fourth-order valence-corrected chi connectivity index (χ4v) is 4.55. The zero-order valence-corrected chi connectivity index (χ0v) is 23.2. The van der Waals surface area contributed by atoms with Crippen LogP contribution in [0.1, 0.15) is 49.9 Å². The van der Waals surface area contributed by atoms with Crippen LogP contribution in [0.15, 0.2) is 42.5 Å². The van der Waals surface area contributed by atoms with Crippen molar-refractivity contribution in [3.05, 3.63) is 64.7 Å². The number of nitrogens with zero attached hydrogens (tertiary/aromatic N) is 1. The maximum absolute atomic E-state index is 12.2. The van der Waals surface area contributed by atoms with Crippen molar-refractivity contribution in [3.8, 4) is 11.8 Å². The Morgan fingerprint density at radius 3 is 2.05 bits per heavy atom. The smallest absolute Gasteiger partial charge is 0.303 e. The normalized spacial score (nSPS) is 23.4. The number of nitriles is 1. The Balaban J connectivity index is 2.16. The van der Waals surface area contributed by atoms with E-state index in [1.165, 1.54) is 18.2 Å². The van der Waals surface area contributed by atoms with Crippen LogP contribution in [0.5, 0.6) is 5.75 Å². The van der Waals surface area contributed by atoms with Gasteiger partial charge in [0, 0.05) is 33.3 Å². The Hall–Kier alpha value is -4.47. The van der Waals surface area contributed by atoms with E-state index in [4.69, 9.17) is 28.4 Å². The van der Waals surface area contributed by atoms with Crippen LogP contribution in [0.4, 0.5) is 0 Å². The molecule has 0 bridgehead atoms. The van der Waals surface area contributed by atoms with Crippen molar-refractivity contribution in [2.45, 2.75) is 64.3 Å². The Morgan fingerprint density at radius 2 is 1.51 bits per heavy atom. The highest BCUT2D eigenvalue weighted by Gasteiger charge is 2.60. The van der Waals surface area contributed by atoms with Crippen LogP contribution in [-0.4, -0.2) is 67.1 Å². The number of carbonyl (C=O) groups excluding carboxylic acids is 4.